The molecule has 3 rings (SSSR count). The Balaban J connectivity index is 1.67. The van der Waals surface area contributed by atoms with Crippen LogP contribution in [0.25, 0.3) is 0 Å². The molecule has 1 saturated carbocycles. The van der Waals surface area contributed by atoms with Gasteiger partial charge in [-0.2, -0.15) is 0 Å². The molecule has 0 radical (unpaired) electrons. The fourth-order valence-corrected chi connectivity index (χ4v) is 2.62. The second kappa shape index (κ2) is 6.71. The lowest BCUT2D eigenvalue weighted by molar-refractivity contribution is -0.117. The predicted molar refractivity (Wildman–Crippen MR) is 93.9 cm³/mol. The number of rotatable bonds is 4. The highest BCUT2D eigenvalue weighted by Crippen LogP contribution is 2.34. The van der Waals surface area contributed by atoms with E-state index in [0.717, 1.165) is 12.8 Å². The zero-order valence-corrected chi connectivity index (χ0v) is 14.0. The molecule has 7 heteroatoms. The van der Waals surface area contributed by atoms with Crippen LogP contribution in [0.4, 0.5) is 11.4 Å². The van der Waals surface area contributed by atoms with Crippen molar-refractivity contribution < 1.29 is 14.7 Å². The van der Waals surface area contributed by atoms with Crippen LogP contribution in [0, 0.1) is 5.92 Å². The van der Waals surface area contributed by atoms with Crippen molar-refractivity contribution in [1.29, 1.82) is 0 Å². The van der Waals surface area contributed by atoms with Crippen LogP contribution in [-0.2, 0) is 4.79 Å². The van der Waals surface area contributed by atoms with Gasteiger partial charge in [-0.05, 0) is 49.2 Å². The van der Waals surface area contributed by atoms with E-state index in [1.54, 1.807) is 24.3 Å². The van der Waals surface area contributed by atoms with Gasteiger partial charge in [0.1, 0.15) is 0 Å². The first kappa shape index (κ1) is 16.6. The molecule has 5 nitrogen and oxygen atoms in total. The van der Waals surface area contributed by atoms with Crippen molar-refractivity contribution in [2.24, 2.45) is 5.92 Å². The summed E-state index contributed by atoms with van der Waals surface area (Å²) in [6, 6.07) is 9.39. The molecule has 124 valence electrons. The van der Waals surface area contributed by atoms with E-state index in [4.69, 9.17) is 23.2 Å². The number of hydrogen-bond donors (Lipinski definition) is 3. The van der Waals surface area contributed by atoms with E-state index < -0.39 is 0 Å². The van der Waals surface area contributed by atoms with Crippen LogP contribution in [0.1, 0.15) is 23.2 Å². The highest BCUT2D eigenvalue weighted by Gasteiger charge is 2.29. The summed E-state index contributed by atoms with van der Waals surface area (Å²) in [4.78, 5) is 23.9. The molecule has 3 N–H and O–H groups in total. The standard InChI is InChI=1S/C17H14Cl2N2O3/c18-13-7-12(8-14(19)15(13)22)21-17(24)10-3-5-11(6-4-10)20-16(23)9-1-2-9/h3-9,22H,1-2H2,(H,20,23)(H,21,24). The summed E-state index contributed by atoms with van der Waals surface area (Å²) >= 11 is 11.6. The van der Waals surface area contributed by atoms with E-state index in [-0.39, 0.29) is 33.5 Å². The first-order valence-corrected chi connectivity index (χ1v) is 8.10. The highest BCUT2D eigenvalue weighted by molar-refractivity contribution is 6.37. The summed E-state index contributed by atoms with van der Waals surface area (Å²) in [6.45, 7) is 0. The molecular weight excluding hydrogens is 351 g/mol. The van der Waals surface area contributed by atoms with Crippen molar-refractivity contribution in [3.63, 3.8) is 0 Å². The number of anilines is 2. The Morgan fingerprint density at radius 3 is 2.08 bits per heavy atom. The topological polar surface area (TPSA) is 78.4 Å². The number of halogens is 2. The van der Waals surface area contributed by atoms with Crippen LogP contribution >= 0.6 is 23.2 Å². The number of carbonyl (C=O) groups is 2. The second-order valence-electron chi connectivity index (χ2n) is 5.58. The van der Waals surface area contributed by atoms with Gasteiger partial charge in [0.25, 0.3) is 5.91 Å². The van der Waals surface area contributed by atoms with Gasteiger partial charge >= 0.3 is 0 Å². The molecular formula is C17H14Cl2N2O3. The van der Waals surface area contributed by atoms with Gasteiger partial charge in [-0.25, -0.2) is 0 Å². The summed E-state index contributed by atoms with van der Waals surface area (Å²) in [5.74, 6) is -0.447. The molecule has 0 heterocycles. The zero-order valence-electron chi connectivity index (χ0n) is 12.5. The number of phenolic OH excluding ortho intramolecular Hbond substituents is 1. The van der Waals surface area contributed by atoms with Crippen LogP contribution in [0.3, 0.4) is 0 Å². The van der Waals surface area contributed by atoms with Crippen molar-refractivity contribution in [2.45, 2.75) is 12.8 Å². The molecule has 2 aromatic carbocycles. The molecule has 1 aliphatic rings. The Hall–Kier alpha value is -2.24. The maximum absolute atomic E-state index is 12.2. The van der Waals surface area contributed by atoms with Gasteiger partial charge in [0.05, 0.1) is 10.0 Å². The zero-order chi connectivity index (χ0) is 17.3. The van der Waals surface area contributed by atoms with Gasteiger partial charge in [-0.3, -0.25) is 9.59 Å². The summed E-state index contributed by atoms with van der Waals surface area (Å²) in [5.41, 5.74) is 1.44. The van der Waals surface area contributed by atoms with Gasteiger partial charge in [-0.1, -0.05) is 23.2 Å². The number of nitrogens with one attached hydrogen (secondary N) is 2. The van der Waals surface area contributed by atoms with Crippen molar-refractivity contribution in [1.82, 2.24) is 0 Å². The molecule has 24 heavy (non-hydrogen) atoms. The van der Waals surface area contributed by atoms with Crippen molar-refractivity contribution in [3.8, 4) is 5.75 Å². The van der Waals surface area contributed by atoms with Gasteiger partial charge in [-0.15, -0.1) is 0 Å². The van der Waals surface area contributed by atoms with Crippen LogP contribution in [0.5, 0.6) is 5.75 Å². The molecule has 0 saturated heterocycles. The average molecular weight is 365 g/mol. The maximum Gasteiger partial charge on any atom is 0.255 e. The van der Waals surface area contributed by atoms with Crippen molar-refractivity contribution in [2.75, 3.05) is 10.6 Å². The molecule has 0 bridgehead atoms. The Labute approximate surface area is 148 Å². The van der Waals surface area contributed by atoms with Gasteiger partial charge in [0.2, 0.25) is 5.91 Å². The lowest BCUT2D eigenvalue weighted by atomic mass is 10.2. The Morgan fingerprint density at radius 1 is 0.958 bits per heavy atom. The highest BCUT2D eigenvalue weighted by atomic mass is 35.5. The monoisotopic (exact) mass is 364 g/mol. The van der Waals surface area contributed by atoms with E-state index >= 15 is 0 Å². The fraction of sp³-hybridized carbons (Fsp3) is 0.176. The van der Waals surface area contributed by atoms with Crippen LogP contribution in [-0.4, -0.2) is 16.9 Å². The molecule has 1 aliphatic carbocycles. The quantitative estimate of drug-likeness (QED) is 0.707. The number of aromatic hydroxyl groups is 1. The first-order chi connectivity index (χ1) is 11.4. The first-order valence-electron chi connectivity index (χ1n) is 7.34. The minimum Gasteiger partial charge on any atom is -0.505 e. The average Bonchev–Trinajstić information content (AvgIpc) is 3.38. The third-order valence-electron chi connectivity index (χ3n) is 3.64. The second-order valence-corrected chi connectivity index (χ2v) is 6.40. The van der Waals surface area contributed by atoms with Gasteiger partial charge in [0, 0.05) is 22.9 Å². The minimum atomic E-state index is -0.354. The normalized spacial score (nSPS) is 13.4. The molecule has 0 unspecified atom stereocenters. The minimum absolute atomic E-state index is 0.0144. The molecule has 0 atom stereocenters. The maximum atomic E-state index is 12.2. The Kier molecular flexibility index (Phi) is 4.64. The van der Waals surface area contributed by atoms with Crippen molar-refractivity contribution >= 4 is 46.4 Å². The number of benzene rings is 2. The predicted octanol–water partition coefficient (Wildman–Crippen LogP) is 4.30. The molecule has 2 amide bonds. The van der Waals surface area contributed by atoms with E-state index in [2.05, 4.69) is 10.6 Å². The third kappa shape index (κ3) is 3.80. The molecule has 0 spiro atoms. The summed E-state index contributed by atoms with van der Waals surface area (Å²) in [5, 5.41) is 15.1. The SMILES string of the molecule is O=C(Nc1cc(Cl)c(O)c(Cl)c1)c1ccc(NC(=O)C2CC2)cc1. The molecule has 0 aliphatic heterocycles. The summed E-state index contributed by atoms with van der Waals surface area (Å²) in [6.07, 6.45) is 1.87. The van der Waals surface area contributed by atoms with Crippen LogP contribution < -0.4 is 10.6 Å². The van der Waals surface area contributed by atoms with E-state index in [1.165, 1.54) is 12.1 Å². The van der Waals surface area contributed by atoms with Gasteiger partial charge < -0.3 is 15.7 Å². The lowest BCUT2D eigenvalue weighted by Gasteiger charge is -2.09. The summed E-state index contributed by atoms with van der Waals surface area (Å²) in [7, 11) is 0. The van der Waals surface area contributed by atoms with E-state index in [9.17, 15) is 14.7 Å². The van der Waals surface area contributed by atoms with E-state index in [0.29, 0.717) is 16.9 Å². The Bertz CT molecular complexity index is 779. The summed E-state index contributed by atoms with van der Waals surface area (Å²) < 4.78 is 0. The fourth-order valence-electron chi connectivity index (χ4n) is 2.14. The van der Waals surface area contributed by atoms with Crippen LogP contribution in [0.2, 0.25) is 10.0 Å². The Morgan fingerprint density at radius 2 is 1.54 bits per heavy atom. The number of hydrogen-bond acceptors (Lipinski definition) is 3. The third-order valence-corrected chi connectivity index (χ3v) is 4.21. The van der Waals surface area contributed by atoms with Crippen molar-refractivity contribution in [3.05, 3.63) is 52.0 Å². The molecule has 0 aromatic heterocycles. The van der Waals surface area contributed by atoms with Crippen LogP contribution in [0.15, 0.2) is 36.4 Å². The number of carbonyl (C=O) groups excluding carboxylic acids is 2. The number of amides is 2. The van der Waals surface area contributed by atoms with E-state index in [1.807, 2.05) is 0 Å². The molecule has 2 aromatic rings. The molecule has 1 fully saturated rings. The lowest BCUT2D eigenvalue weighted by Crippen LogP contribution is -2.14. The smallest absolute Gasteiger partial charge is 0.255 e. The van der Waals surface area contributed by atoms with Gasteiger partial charge in [0.15, 0.2) is 5.75 Å². The largest absolute Gasteiger partial charge is 0.505 e. The number of phenols is 1.